The first kappa shape index (κ1) is 16.0. The first-order valence-corrected chi connectivity index (χ1v) is 7.78. The highest BCUT2D eigenvalue weighted by Gasteiger charge is 2.43. The molecule has 0 saturated heterocycles. The van der Waals surface area contributed by atoms with Crippen LogP contribution in [0.25, 0.3) is 0 Å². The molecular weight excluding hydrogens is 268 g/mol. The first-order valence-electron chi connectivity index (χ1n) is 6.36. The third-order valence-corrected chi connectivity index (χ3v) is 4.85. The van der Waals surface area contributed by atoms with Crippen molar-refractivity contribution in [1.82, 2.24) is 0 Å². The molecule has 0 aromatic rings. The van der Waals surface area contributed by atoms with Crippen LogP contribution >= 0.6 is 0 Å². The molecule has 7 heteroatoms. The van der Waals surface area contributed by atoms with Crippen LogP contribution in [0, 0.1) is 5.92 Å². The van der Waals surface area contributed by atoms with Crippen LogP contribution in [-0.4, -0.2) is 55.9 Å². The van der Waals surface area contributed by atoms with Crippen molar-refractivity contribution in [3.8, 4) is 0 Å². The minimum atomic E-state index is -1.36. The molecule has 1 aliphatic rings. The molecule has 3 atom stereocenters. The van der Waals surface area contributed by atoms with E-state index in [9.17, 15) is 15.0 Å². The van der Waals surface area contributed by atoms with Gasteiger partial charge in [0.05, 0.1) is 6.61 Å². The quantitative estimate of drug-likeness (QED) is 0.440. The first-order chi connectivity index (χ1) is 8.74. The number of esters is 1. The molecule has 0 bridgehead atoms. The van der Waals surface area contributed by atoms with E-state index in [-0.39, 0.29) is 11.7 Å². The lowest BCUT2D eigenvalue weighted by atomic mass is 9.94. The van der Waals surface area contributed by atoms with Gasteiger partial charge in [0.15, 0.2) is 11.9 Å². The van der Waals surface area contributed by atoms with Crippen LogP contribution in [0.4, 0.5) is 0 Å². The van der Waals surface area contributed by atoms with Gasteiger partial charge >= 0.3 is 5.97 Å². The van der Waals surface area contributed by atoms with E-state index in [4.69, 9.17) is 14.6 Å². The van der Waals surface area contributed by atoms with Gasteiger partial charge in [-0.05, 0) is 19.8 Å². The molecule has 0 radical (unpaired) electrons. The molecule has 0 spiro atoms. The molecule has 0 fully saturated rings. The molecule has 6 nitrogen and oxygen atoms in total. The average molecular weight is 290 g/mol. The summed E-state index contributed by atoms with van der Waals surface area (Å²) in [6, 6.07) is 0.985. The van der Waals surface area contributed by atoms with Gasteiger partial charge in [0.1, 0.15) is 11.7 Å². The Morgan fingerprint density at radius 3 is 2.58 bits per heavy atom. The van der Waals surface area contributed by atoms with Crippen LogP contribution in [-0.2, 0) is 14.3 Å². The average Bonchev–Trinajstić information content (AvgIpc) is 2.64. The standard InChI is InChI=1S/C12H22O6Si/c1-6(5-19)12(2,3)18-10-8(15)9(7(14)4-13)17-11(10)16/h6-7,9,13-15H,4-5H2,1-3,19H3. The summed E-state index contributed by atoms with van der Waals surface area (Å²) in [4.78, 5) is 11.7. The lowest BCUT2D eigenvalue weighted by Gasteiger charge is -2.31. The highest BCUT2D eigenvalue weighted by Crippen LogP contribution is 2.32. The van der Waals surface area contributed by atoms with E-state index in [1.807, 2.05) is 20.8 Å². The largest absolute Gasteiger partial charge is 0.505 e. The van der Waals surface area contributed by atoms with Gasteiger partial charge in [0.2, 0.25) is 5.76 Å². The van der Waals surface area contributed by atoms with E-state index in [1.54, 1.807) is 0 Å². The van der Waals surface area contributed by atoms with E-state index in [0.29, 0.717) is 0 Å². The third-order valence-electron chi connectivity index (χ3n) is 3.62. The third kappa shape index (κ3) is 3.29. The van der Waals surface area contributed by atoms with Crippen molar-refractivity contribution in [3.63, 3.8) is 0 Å². The zero-order chi connectivity index (χ0) is 14.8. The maximum Gasteiger partial charge on any atom is 0.378 e. The van der Waals surface area contributed by atoms with E-state index < -0.39 is 36.1 Å². The maximum absolute atomic E-state index is 11.7. The van der Waals surface area contributed by atoms with Gasteiger partial charge in [-0.15, -0.1) is 0 Å². The van der Waals surface area contributed by atoms with E-state index in [2.05, 4.69) is 0 Å². The Balaban J connectivity index is 2.93. The minimum absolute atomic E-state index is 0.217. The smallest absolute Gasteiger partial charge is 0.378 e. The summed E-state index contributed by atoms with van der Waals surface area (Å²) >= 11 is 0. The van der Waals surface area contributed by atoms with Crippen LogP contribution < -0.4 is 0 Å². The Hall–Kier alpha value is -1.05. The van der Waals surface area contributed by atoms with Gasteiger partial charge in [-0.2, -0.15) is 0 Å². The second kappa shape index (κ2) is 5.94. The molecule has 110 valence electrons. The second-order valence-electron chi connectivity index (χ2n) is 5.31. The highest BCUT2D eigenvalue weighted by molar-refractivity contribution is 6.08. The Labute approximate surface area is 115 Å². The zero-order valence-corrected chi connectivity index (χ0v) is 13.7. The Bertz CT molecular complexity index is 378. The predicted octanol–water partition coefficient (Wildman–Crippen LogP) is -0.750. The van der Waals surface area contributed by atoms with Gasteiger partial charge in [-0.25, -0.2) is 4.79 Å². The van der Waals surface area contributed by atoms with Crippen LogP contribution in [0.3, 0.4) is 0 Å². The van der Waals surface area contributed by atoms with Gasteiger partial charge in [-0.3, -0.25) is 0 Å². The lowest BCUT2D eigenvalue weighted by molar-refractivity contribution is -0.151. The number of hydrogen-bond donors (Lipinski definition) is 3. The topological polar surface area (TPSA) is 96.2 Å². The SMILES string of the molecule is CC(C[SiH3])C(C)(C)OC1=C(O)C(C(O)CO)OC1=O. The van der Waals surface area contributed by atoms with Crippen molar-refractivity contribution < 1.29 is 29.6 Å². The summed E-state index contributed by atoms with van der Waals surface area (Å²) < 4.78 is 10.4. The number of aliphatic hydroxyl groups excluding tert-OH is 3. The lowest BCUT2D eigenvalue weighted by Crippen LogP contribution is -2.33. The summed E-state index contributed by atoms with van der Waals surface area (Å²) in [5.74, 6) is -1.33. The van der Waals surface area contributed by atoms with Crippen LogP contribution in [0.2, 0.25) is 6.04 Å². The Morgan fingerprint density at radius 1 is 1.53 bits per heavy atom. The molecule has 1 heterocycles. The van der Waals surface area contributed by atoms with Gasteiger partial charge in [0, 0.05) is 10.2 Å². The molecule has 0 amide bonds. The molecular formula is C12H22O6Si. The van der Waals surface area contributed by atoms with Gasteiger partial charge in [-0.1, -0.05) is 13.0 Å². The van der Waals surface area contributed by atoms with Crippen molar-refractivity contribution in [2.24, 2.45) is 5.92 Å². The monoisotopic (exact) mass is 290 g/mol. The Kier molecular flexibility index (Phi) is 5.00. The van der Waals surface area contributed by atoms with Crippen molar-refractivity contribution in [2.75, 3.05) is 6.61 Å². The van der Waals surface area contributed by atoms with E-state index in [1.165, 1.54) is 0 Å². The molecule has 0 aromatic heterocycles. The van der Waals surface area contributed by atoms with E-state index in [0.717, 1.165) is 16.3 Å². The number of hydrogen-bond acceptors (Lipinski definition) is 6. The fourth-order valence-electron chi connectivity index (χ4n) is 1.76. The molecule has 3 N–H and O–H groups in total. The number of ether oxygens (including phenoxy) is 2. The van der Waals surface area contributed by atoms with Crippen molar-refractivity contribution in [3.05, 3.63) is 11.5 Å². The van der Waals surface area contributed by atoms with Crippen LogP contribution in [0.1, 0.15) is 20.8 Å². The van der Waals surface area contributed by atoms with Gasteiger partial charge < -0.3 is 24.8 Å². The van der Waals surface area contributed by atoms with Crippen LogP contribution in [0.5, 0.6) is 0 Å². The summed E-state index contributed by atoms with van der Waals surface area (Å²) in [5, 5.41) is 28.2. The summed E-state index contributed by atoms with van der Waals surface area (Å²) in [7, 11) is 1.01. The molecule has 0 aliphatic carbocycles. The predicted molar refractivity (Wildman–Crippen MR) is 71.7 cm³/mol. The van der Waals surface area contributed by atoms with Crippen molar-refractivity contribution in [1.29, 1.82) is 0 Å². The number of carbonyl (C=O) groups excluding carboxylic acids is 1. The molecule has 0 saturated carbocycles. The zero-order valence-electron chi connectivity index (χ0n) is 11.7. The van der Waals surface area contributed by atoms with Gasteiger partial charge in [0.25, 0.3) is 0 Å². The Morgan fingerprint density at radius 2 is 2.11 bits per heavy atom. The van der Waals surface area contributed by atoms with E-state index >= 15 is 0 Å². The number of carbonyl (C=O) groups is 1. The maximum atomic E-state index is 11.7. The normalized spacial score (nSPS) is 23.4. The molecule has 3 unspecified atom stereocenters. The minimum Gasteiger partial charge on any atom is -0.505 e. The summed E-state index contributed by atoms with van der Waals surface area (Å²) in [6.45, 7) is 5.05. The number of aliphatic hydroxyl groups is 3. The number of cyclic esters (lactones) is 1. The van der Waals surface area contributed by atoms with Crippen molar-refractivity contribution in [2.45, 2.75) is 44.6 Å². The highest BCUT2D eigenvalue weighted by atomic mass is 28.1. The number of rotatable bonds is 6. The molecule has 19 heavy (non-hydrogen) atoms. The van der Waals surface area contributed by atoms with Crippen LogP contribution in [0.15, 0.2) is 11.5 Å². The fourth-order valence-corrected chi connectivity index (χ4v) is 2.75. The molecule has 1 rings (SSSR count). The fraction of sp³-hybridized carbons (Fsp3) is 0.750. The second-order valence-corrected chi connectivity index (χ2v) is 6.12. The van der Waals surface area contributed by atoms with Crippen molar-refractivity contribution >= 4 is 16.2 Å². The molecule has 0 aromatic carbocycles. The summed E-state index contributed by atoms with van der Waals surface area (Å²) in [5.41, 5.74) is -0.622. The summed E-state index contributed by atoms with van der Waals surface area (Å²) in [6.07, 6.45) is -2.61. The molecule has 1 aliphatic heterocycles.